The molecule has 0 bridgehead atoms. The van der Waals surface area contributed by atoms with Gasteiger partial charge in [0, 0.05) is 0 Å². The van der Waals surface area contributed by atoms with Gasteiger partial charge in [0.1, 0.15) is 6.04 Å². The quantitative estimate of drug-likeness (QED) is 0.598. The minimum atomic E-state index is -0.574. The van der Waals surface area contributed by atoms with Gasteiger partial charge in [0.25, 0.3) is 0 Å². The summed E-state index contributed by atoms with van der Waals surface area (Å²) in [5.41, 5.74) is 0. The van der Waals surface area contributed by atoms with Crippen molar-refractivity contribution in [3.8, 4) is 0 Å². The second-order valence-corrected chi connectivity index (χ2v) is 3.40. The van der Waals surface area contributed by atoms with E-state index >= 15 is 0 Å². The standard InChI is InChI=1S/C9H16N2O3/c1-6(9(13)14-2)11-8(12)7-4-3-5-10-7/h6-7,10H,3-5H2,1-2H3,(H,11,12)/t6-,7?/m0/s1. The van der Waals surface area contributed by atoms with Crippen LogP contribution in [0.4, 0.5) is 0 Å². The third-order valence-electron chi connectivity index (χ3n) is 2.29. The number of hydrogen-bond donors (Lipinski definition) is 2. The summed E-state index contributed by atoms with van der Waals surface area (Å²) in [6.45, 7) is 2.48. The maximum atomic E-state index is 11.5. The van der Waals surface area contributed by atoms with Crippen LogP contribution in [0.2, 0.25) is 0 Å². The number of methoxy groups -OCH3 is 1. The molecule has 5 nitrogen and oxygen atoms in total. The monoisotopic (exact) mass is 200 g/mol. The van der Waals surface area contributed by atoms with Gasteiger partial charge < -0.3 is 15.4 Å². The molecule has 5 heteroatoms. The molecule has 1 rings (SSSR count). The van der Waals surface area contributed by atoms with Crippen molar-refractivity contribution in [1.82, 2.24) is 10.6 Å². The molecule has 1 amide bonds. The van der Waals surface area contributed by atoms with E-state index in [0.717, 1.165) is 19.4 Å². The smallest absolute Gasteiger partial charge is 0.328 e. The highest BCUT2D eigenvalue weighted by Crippen LogP contribution is 2.04. The molecule has 0 aromatic carbocycles. The molecule has 1 aliphatic heterocycles. The highest BCUT2D eigenvalue weighted by atomic mass is 16.5. The Morgan fingerprint density at radius 3 is 2.79 bits per heavy atom. The molecule has 1 unspecified atom stereocenters. The zero-order valence-electron chi connectivity index (χ0n) is 8.50. The topological polar surface area (TPSA) is 67.4 Å². The molecule has 0 spiro atoms. The van der Waals surface area contributed by atoms with Crippen molar-refractivity contribution in [3.05, 3.63) is 0 Å². The van der Waals surface area contributed by atoms with Gasteiger partial charge >= 0.3 is 5.97 Å². The highest BCUT2D eigenvalue weighted by molar-refractivity contribution is 5.87. The van der Waals surface area contributed by atoms with Crippen LogP contribution in [0.15, 0.2) is 0 Å². The molecule has 2 atom stereocenters. The van der Waals surface area contributed by atoms with Crippen molar-refractivity contribution in [2.45, 2.75) is 31.8 Å². The fourth-order valence-corrected chi connectivity index (χ4v) is 1.46. The molecule has 0 aromatic heterocycles. The van der Waals surface area contributed by atoms with Gasteiger partial charge in [0.15, 0.2) is 0 Å². The summed E-state index contributed by atoms with van der Waals surface area (Å²) >= 11 is 0. The summed E-state index contributed by atoms with van der Waals surface area (Å²) in [5, 5.41) is 5.65. The Labute approximate surface area is 83.2 Å². The molecule has 2 N–H and O–H groups in total. The van der Waals surface area contributed by atoms with Gasteiger partial charge in [-0.25, -0.2) is 4.79 Å². The number of esters is 1. The molecule has 1 fully saturated rings. The van der Waals surface area contributed by atoms with Crippen molar-refractivity contribution >= 4 is 11.9 Å². The number of nitrogens with one attached hydrogen (secondary N) is 2. The fraction of sp³-hybridized carbons (Fsp3) is 0.778. The highest BCUT2D eigenvalue weighted by Gasteiger charge is 2.25. The SMILES string of the molecule is COC(=O)[C@H](C)NC(=O)C1CCCN1. The average molecular weight is 200 g/mol. The number of rotatable bonds is 3. The lowest BCUT2D eigenvalue weighted by atomic mass is 10.2. The van der Waals surface area contributed by atoms with Gasteiger partial charge in [0.2, 0.25) is 5.91 Å². The third-order valence-corrected chi connectivity index (χ3v) is 2.29. The Balaban J connectivity index is 2.35. The first-order valence-electron chi connectivity index (χ1n) is 4.76. The van der Waals surface area contributed by atoms with Gasteiger partial charge in [-0.1, -0.05) is 0 Å². The van der Waals surface area contributed by atoms with Crippen molar-refractivity contribution in [1.29, 1.82) is 0 Å². The molecular formula is C9H16N2O3. The molecule has 1 aliphatic rings. The molecule has 0 radical (unpaired) electrons. The largest absolute Gasteiger partial charge is 0.467 e. The first-order valence-corrected chi connectivity index (χ1v) is 4.76. The van der Waals surface area contributed by atoms with Gasteiger partial charge in [0.05, 0.1) is 13.2 Å². The van der Waals surface area contributed by atoms with Crippen molar-refractivity contribution in [2.75, 3.05) is 13.7 Å². The van der Waals surface area contributed by atoms with E-state index in [4.69, 9.17) is 0 Å². The maximum absolute atomic E-state index is 11.5. The van der Waals surface area contributed by atoms with Gasteiger partial charge in [-0.15, -0.1) is 0 Å². The zero-order valence-corrected chi connectivity index (χ0v) is 8.50. The first-order chi connectivity index (χ1) is 6.65. The van der Waals surface area contributed by atoms with Crippen LogP contribution in [0, 0.1) is 0 Å². The first kappa shape index (κ1) is 11.0. The van der Waals surface area contributed by atoms with Crippen molar-refractivity contribution in [3.63, 3.8) is 0 Å². The van der Waals surface area contributed by atoms with E-state index in [-0.39, 0.29) is 11.9 Å². The van der Waals surface area contributed by atoms with E-state index in [1.54, 1.807) is 6.92 Å². The van der Waals surface area contributed by atoms with E-state index in [1.165, 1.54) is 7.11 Å². The van der Waals surface area contributed by atoms with Crippen molar-refractivity contribution < 1.29 is 14.3 Å². The Hall–Kier alpha value is -1.10. The molecule has 1 heterocycles. The van der Waals surface area contributed by atoms with Crippen molar-refractivity contribution in [2.24, 2.45) is 0 Å². The Morgan fingerprint density at radius 1 is 1.57 bits per heavy atom. The fourth-order valence-electron chi connectivity index (χ4n) is 1.46. The average Bonchev–Trinajstić information content (AvgIpc) is 2.69. The van der Waals surface area contributed by atoms with Crippen LogP contribution in [0.3, 0.4) is 0 Å². The lowest BCUT2D eigenvalue weighted by molar-refractivity contribution is -0.144. The number of ether oxygens (including phenoxy) is 1. The van der Waals surface area contributed by atoms with E-state index in [2.05, 4.69) is 15.4 Å². The minimum absolute atomic E-state index is 0.125. The summed E-state index contributed by atoms with van der Waals surface area (Å²) in [6, 6.07) is -0.725. The molecule has 0 aliphatic carbocycles. The summed E-state index contributed by atoms with van der Waals surface area (Å²) in [6.07, 6.45) is 1.84. The summed E-state index contributed by atoms with van der Waals surface area (Å²) in [7, 11) is 1.30. The molecule has 0 aromatic rings. The van der Waals surface area contributed by atoms with E-state index in [9.17, 15) is 9.59 Å². The molecule has 1 saturated heterocycles. The molecule has 0 saturated carbocycles. The minimum Gasteiger partial charge on any atom is -0.467 e. The number of amides is 1. The van der Waals surface area contributed by atoms with Crippen LogP contribution in [-0.4, -0.2) is 37.6 Å². The molecule has 14 heavy (non-hydrogen) atoms. The summed E-state index contributed by atoms with van der Waals surface area (Å²) in [5.74, 6) is -0.545. The Morgan fingerprint density at radius 2 is 2.29 bits per heavy atom. The van der Waals surface area contributed by atoms with Crippen LogP contribution in [0.1, 0.15) is 19.8 Å². The van der Waals surface area contributed by atoms with Crippen LogP contribution in [0.5, 0.6) is 0 Å². The normalized spacial score (nSPS) is 22.9. The lowest BCUT2D eigenvalue weighted by Crippen LogP contribution is -2.47. The zero-order chi connectivity index (χ0) is 10.6. The maximum Gasteiger partial charge on any atom is 0.328 e. The van der Waals surface area contributed by atoms with E-state index in [0.29, 0.717) is 0 Å². The van der Waals surface area contributed by atoms with Crippen LogP contribution in [-0.2, 0) is 14.3 Å². The molecular weight excluding hydrogens is 184 g/mol. The second kappa shape index (κ2) is 4.95. The number of hydrogen-bond acceptors (Lipinski definition) is 4. The number of carbonyl (C=O) groups is 2. The van der Waals surface area contributed by atoms with Gasteiger partial charge in [-0.2, -0.15) is 0 Å². The van der Waals surface area contributed by atoms with E-state index < -0.39 is 12.0 Å². The Kier molecular flexibility index (Phi) is 3.88. The van der Waals surface area contributed by atoms with Gasteiger partial charge in [-0.05, 0) is 26.3 Å². The lowest BCUT2D eigenvalue weighted by Gasteiger charge is -2.15. The third kappa shape index (κ3) is 2.70. The van der Waals surface area contributed by atoms with Crippen LogP contribution < -0.4 is 10.6 Å². The predicted molar refractivity (Wildman–Crippen MR) is 50.6 cm³/mol. The van der Waals surface area contributed by atoms with Crippen LogP contribution in [0.25, 0.3) is 0 Å². The summed E-state index contributed by atoms with van der Waals surface area (Å²) < 4.78 is 4.50. The van der Waals surface area contributed by atoms with Crippen LogP contribution >= 0.6 is 0 Å². The summed E-state index contributed by atoms with van der Waals surface area (Å²) in [4.78, 5) is 22.5. The number of carbonyl (C=O) groups excluding carboxylic acids is 2. The van der Waals surface area contributed by atoms with E-state index in [1.807, 2.05) is 0 Å². The second-order valence-electron chi connectivity index (χ2n) is 3.40. The molecule has 80 valence electrons. The Bertz CT molecular complexity index is 224. The van der Waals surface area contributed by atoms with Gasteiger partial charge in [-0.3, -0.25) is 4.79 Å². The predicted octanol–water partition coefficient (Wildman–Crippen LogP) is -0.584.